The maximum absolute atomic E-state index is 6.37. The number of rotatable bonds is 13. The summed E-state index contributed by atoms with van der Waals surface area (Å²) in [6.07, 6.45) is 3.35. The highest BCUT2D eigenvalue weighted by Gasteiger charge is 2.11. The van der Waals surface area contributed by atoms with Crippen molar-refractivity contribution in [1.82, 2.24) is 0 Å². The van der Waals surface area contributed by atoms with Crippen LogP contribution in [0.5, 0.6) is 40.2 Å². The van der Waals surface area contributed by atoms with Gasteiger partial charge in [0.05, 0.1) is 35.5 Å². The van der Waals surface area contributed by atoms with Crippen LogP contribution in [0.15, 0.2) is 78.9 Å². The fraction of sp³-hybridized carbons (Fsp3) is 0.273. The van der Waals surface area contributed by atoms with E-state index in [4.69, 9.17) is 28.4 Å². The second-order valence-corrected chi connectivity index (χ2v) is 9.18. The first kappa shape index (κ1) is 27.7. The van der Waals surface area contributed by atoms with Crippen LogP contribution in [0.1, 0.15) is 22.3 Å². The third-order valence-corrected chi connectivity index (χ3v) is 6.58. The Morgan fingerprint density at radius 3 is 1.44 bits per heavy atom. The van der Waals surface area contributed by atoms with Crippen molar-refractivity contribution in [2.45, 2.75) is 25.7 Å². The van der Waals surface area contributed by atoms with Gasteiger partial charge in [-0.15, -0.1) is 0 Å². The Labute approximate surface area is 231 Å². The van der Waals surface area contributed by atoms with E-state index in [2.05, 4.69) is 18.2 Å². The third kappa shape index (κ3) is 7.60. The van der Waals surface area contributed by atoms with E-state index in [0.29, 0.717) is 17.2 Å². The number of benzene rings is 4. The van der Waals surface area contributed by atoms with Crippen molar-refractivity contribution in [2.75, 3.05) is 35.5 Å². The van der Waals surface area contributed by atoms with Gasteiger partial charge in [-0.1, -0.05) is 18.2 Å². The first-order valence-corrected chi connectivity index (χ1v) is 12.9. The fourth-order valence-corrected chi connectivity index (χ4v) is 4.45. The van der Waals surface area contributed by atoms with Crippen molar-refractivity contribution < 1.29 is 28.4 Å². The standard InChI is InChI=1S/C33H36O6/c1-34-27-8-6-7-23(15-27)9-10-24-13-14-32(38-5)33(20-24)39-31-19-26(18-30(22-31)37-4)12-11-25-16-28(35-2)21-29(17-25)36-3/h6-8,13-22H,9-12H2,1-5H3. The van der Waals surface area contributed by atoms with Crippen LogP contribution in [-0.2, 0) is 25.7 Å². The molecule has 4 rings (SSSR count). The highest BCUT2D eigenvalue weighted by molar-refractivity contribution is 5.48. The highest BCUT2D eigenvalue weighted by atomic mass is 16.5. The number of hydrogen-bond acceptors (Lipinski definition) is 6. The molecule has 0 aliphatic carbocycles. The molecule has 0 radical (unpaired) electrons. The molecule has 4 aromatic rings. The molecule has 0 unspecified atom stereocenters. The van der Waals surface area contributed by atoms with Crippen LogP contribution in [0.3, 0.4) is 0 Å². The van der Waals surface area contributed by atoms with Gasteiger partial charge in [-0.3, -0.25) is 0 Å². The van der Waals surface area contributed by atoms with Crippen molar-refractivity contribution in [2.24, 2.45) is 0 Å². The molecule has 0 atom stereocenters. The van der Waals surface area contributed by atoms with Gasteiger partial charge >= 0.3 is 0 Å². The normalized spacial score (nSPS) is 10.6. The van der Waals surface area contributed by atoms with Crippen LogP contribution in [0, 0.1) is 0 Å². The molecule has 4 aromatic carbocycles. The van der Waals surface area contributed by atoms with Crippen molar-refractivity contribution in [3.05, 3.63) is 101 Å². The second-order valence-electron chi connectivity index (χ2n) is 9.18. The smallest absolute Gasteiger partial charge is 0.169 e. The van der Waals surface area contributed by atoms with Crippen molar-refractivity contribution in [3.63, 3.8) is 0 Å². The first-order valence-electron chi connectivity index (χ1n) is 12.9. The zero-order valence-electron chi connectivity index (χ0n) is 23.3. The van der Waals surface area contributed by atoms with Crippen LogP contribution in [0.2, 0.25) is 0 Å². The average molecular weight is 529 g/mol. The van der Waals surface area contributed by atoms with E-state index in [1.54, 1.807) is 35.5 Å². The van der Waals surface area contributed by atoms with Crippen molar-refractivity contribution in [1.29, 1.82) is 0 Å². The van der Waals surface area contributed by atoms with Gasteiger partial charge < -0.3 is 28.4 Å². The molecule has 0 saturated carbocycles. The minimum absolute atomic E-state index is 0.664. The SMILES string of the molecule is COc1cccc(CCc2ccc(OC)c(Oc3cc(CCc4cc(OC)cc(OC)c4)cc(OC)c3)c2)c1. The lowest BCUT2D eigenvalue weighted by Gasteiger charge is -2.15. The van der Waals surface area contributed by atoms with E-state index < -0.39 is 0 Å². The Morgan fingerprint density at radius 2 is 0.872 bits per heavy atom. The molecule has 0 aliphatic rings. The fourth-order valence-electron chi connectivity index (χ4n) is 4.45. The maximum atomic E-state index is 6.37. The molecule has 6 heteroatoms. The summed E-state index contributed by atoms with van der Waals surface area (Å²) >= 11 is 0. The van der Waals surface area contributed by atoms with Crippen molar-refractivity contribution >= 4 is 0 Å². The van der Waals surface area contributed by atoms with E-state index in [9.17, 15) is 0 Å². The molecule has 0 N–H and O–H groups in total. The predicted molar refractivity (Wildman–Crippen MR) is 153 cm³/mol. The molecule has 0 bridgehead atoms. The van der Waals surface area contributed by atoms with Gasteiger partial charge in [0.25, 0.3) is 0 Å². The quantitative estimate of drug-likeness (QED) is 0.185. The predicted octanol–water partition coefficient (Wildman–Crippen LogP) is 7.09. The lowest BCUT2D eigenvalue weighted by molar-refractivity contribution is 0.375. The van der Waals surface area contributed by atoms with E-state index in [1.807, 2.05) is 60.7 Å². The van der Waals surface area contributed by atoms with E-state index in [1.165, 1.54) is 5.56 Å². The minimum atomic E-state index is 0.664. The number of methoxy groups -OCH3 is 5. The van der Waals surface area contributed by atoms with Gasteiger partial charge in [-0.25, -0.2) is 0 Å². The number of aryl methyl sites for hydroxylation is 4. The Morgan fingerprint density at radius 1 is 0.385 bits per heavy atom. The molecule has 204 valence electrons. The Kier molecular flexibility index (Phi) is 9.57. The summed E-state index contributed by atoms with van der Waals surface area (Å²) in [6, 6.07) is 26.1. The molecule has 0 spiro atoms. The van der Waals surface area contributed by atoms with E-state index >= 15 is 0 Å². The van der Waals surface area contributed by atoms with Gasteiger partial charge in [-0.2, -0.15) is 0 Å². The zero-order valence-corrected chi connectivity index (χ0v) is 23.3. The minimum Gasteiger partial charge on any atom is -0.497 e. The van der Waals surface area contributed by atoms with Gasteiger partial charge in [0.15, 0.2) is 11.5 Å². The molecule has 0 saturated heterocycles. The van der Waals surface area contributed by atoms with Crippen LogP contribution in [-0.4, -0.2) is 35.5 Å². The Balaban J connectivity index is 1.51. The van der Waals surface area contributed by atoms with Gasteiger partial charge in [0, 0.05) is 12.1 Å². The zero-order chi connectivity index (χ0) is 27.6. The van der Waals surface area contributed by atoms with E-state index in [0.717, 1.165) is 65.4 Å². The lowest BCUT2D eigenvalue weighted by atomic mass is 10.0. The molecule has 6 nitrogen and oxygen atoms in total. The molecule has 0 fully saturated rings. The van der Waals surface area contributed by atoms with Crippen LogP contribution in [0.4, 0.5) is 0 Å². The maximum Gasteiger partial charge on any atom is 0.169 e. The summed E-state index contributed by atoms with van der Waals surface area (Å²) in [5.74, 6) is 5.18. The summed E-state index contributed by atoms with van der Waals surface area (Å²) in [5.41, 5.74) is 4.60. The van der Waals surface area contributed by atoms with Gasteiger partial charge in [-0.05, 0) is 96.5 Å². The lowest BCUT2D eigenvalue weighted by Crippen LogP contribution is -1.98. The molecular weight excluding hydrogens is 492 g/mol. The van der Waals surface area contributed by atoms with Crippen molar-refractivity contribution in [3.8, 4) is 40.2 Å². The summed E-state index contributed by atoms with van der Waals surface area (Å²) in [4.78, 5) is 0. The van der Waals surface area contributed by atoms with Crippen LogP contribution in [0.25, 0.3) is 0 Å². The van der Waals surface area contributed by atoms with E-state index in [-0.39, 0.29) is 0 Å². The summed E-state index contributed by atoms with van der Waals surface area (Å²) in [6.45, 7) is 0. The largest absolute Gasteiger partial charge is 0.497 e. The summed E-state index contributed by atoms with van der Waals surface area (Å²) in [5, 5.41) is 0. The Bertz CT molecular complexity index is 1360. The van der Waals surface area contributed by atoms with Crippen LogP contribution >= 0.6 is 0 Å². The second kappa shape index (κ2) is 13.5. The molecule has 0 heterocycles. The molecular formula is C33H36O6. The summed E-state index contributed by atoms with van der Waals surface area (Å²) in [7, 11) is 8.32. The monoisotopic (exact) mass is 528 g/mol. The molecule has 0 aromatic heterocycles. The average Bonchev–Trinajstić information content (AvgIpc) is 2.98. The molecule has 0 amide bonds. The van der Waals surface area contributed by atoms with Gasteiger partial charge in [0.2, 0.25) is 0 Å². The topological polar surface area (TPSA) is 55.4 Å². The van der Waals surface area contributed by atoms with Crippen LogP contribution < -0.4 is 28.4 Å². The molecule has 39 heavy (non-hydrogen) atoms. The number of ether oxygens (including phenoxy) is 6. The molecule has 0 aliphatic heterocycles. The third-order valence-electron chi connectivity index (χ3n) is 6.58. The number of hydrogen-bond donors (Lipinski definition) is 0. The Hall–Kier alpha value is -4.32. The summed E-state index contributed by atoms with van der Waals surface area (Å²) < 4.78 is 33.8. The highest BCUT2D eigenvalue weighted by Crippen LogP contribution is 2.35. The first-order chi connectivity index (χ1) is 19.0. The van der Waals surface area contributed by atoms with Gasteiger partial charge in [0.1, 0.15) is 28.7 Å².